The van der Waals surface area contributed by atoms with Crippen molar-refractivity contribution in [1.82, 2.24) is 4.90 Å². The van der Waals surface area contributed by atoms with E-state index in [1.165, 1.54) is 31.5 Å². The van der Waals surface area contributed by atoms with Gasteiger partial charge in [-0.15, -0.1) is 0 Å². The van der Waals surface area contributed by atoms with Gasteiger partial charge in [0.15, 0.2) is 0 Å². The van der Waals surface area contributed by atoms with E-state index in [0.29, 0.717) is 0 Å². The molecule has 1 fully saturated rings. The summed E-state index contributed by atoms with van der Waals surface area (Å²) in [4.78, 5) is 2.44. The minimum Gasteiger partial charge on any atom is -0.396 e. The van der Waals surface area contributed by atoms with Crippen molar-refractivity contribution in [2.24, 2.45) is 0 Å². The van der Waals surface area contributed by atoms with Crippen molar-refractivity contribution in [3.63, 3.8) is 0 Å². The molecule has 3 heteroatoms. The van der Waals surface area contributed by atoms with Crippen LogP contribution in [-0.2, 0) is 0 Å². The summed E-state index contributed by atoms with van der Waals surface area (Å²) in [5.41, 5.74) is 1.22. The Bertz CT molecular complexity index is 336. The molecule has 0 aromatic heterocycles. The number of benzene rings is 1. The van der Waals surface area contributed by atoms with Gasteiger partial charge in [0.05, 0.1) is 6.61 Å². The van der Waals surface area contributed by atoms with Gasteiger partial charge < -0.3 is 10.0 Å². The van der Waals surface area contributed by atoms with Gasteiger partial charge in [0, 0.05) is 16.9 Å². The lowest BCUT2D eigenvalue weighted by Crippen LogP contribution is -2.27. The van der Waals surface area contributed by atoms with Gasteiger partial charge in [-0.3, -0.25) is 0 Å². The number of hydrogen-bond acceptors (Lipinski definition) is 2. The van der Waals surface area contributed by atoms with Crippen molar-refractivity contribution in [2.45, 2.75) is 18.8 Å². The Hall–Kier alpha value is -0.380. The smallest absolute Gasteiger partial charge is 0.0512 e. The number of rotatable bonds is 4. The minimum atomic E-state index is 0.221. The lowest BCUT2D eigenvalue weighted by Gasteiger charge is -2.22. The molecular weight excluding hydrogens is 266 g/mol. The van der Waals surface area contributed by atoms with E-state index in [-0.39, 0.29) is 12.5 Å². The molecule has 0 aliphatic carbocycles. The van der Waals surface area contributed by atoms with Crippen LogP contribution in [0.4, 0.5) is 0 Å². The van der Waals surface area contributed by atoms with Crippen LogP contribution < -0.4 is 0 Å². The zero-order chi connectivity index (χ0) is 11.4. The SMILES string of the molecule is OCC(CN1CCCC1)c1ccccc1Br. The van der Waals surface area contributed by atoms with Crippen molar-refractivity contribution in [3.05, 3.63) is 34.3 Å². The lowest BCUT2D eigenvalue weighted by atomic mass is 9.99. The molecule has 1 saturated heterocycles. The van der Waals surface area contributed by atoms with Gasteiger partial charge in [0.1, 0.15) is 0 Å². The van der Waals surface area contributed by atoms with Crippen LogP contribution in [-0.4, -0.2) is 36.2 Å². The Kier molecular flexibility index (Phi) is 4.38. The normalized spacial score (nSPS) is 18.9. The summed E-state index contributed by atoms with van der Waals surface area (Å²) in [7, 11) is 0. The van der Waals surface area contributed by atoms with Crippen molar-refractivity contribution in [2.75, 3.05) is 26.2 Å². The molecule has 0 spiro atoms. The van der Waals surface area contributed by atoms with E-state index in [1.54, 1.807) is 0 Å². The Morgan fingerprint density at radius 2 is 1.94 bits per heavy atom. The molecule has 1 aromatic carbocycles. The van der Waals surface area contributed by atoms with Gasteiger partial charge in [0.2, 0.25) is 0 Å². The van der Waals surface area contributed by atoms with Crippen LogP contribution in [0.5, 0.6) is 0 Å². The molecule has 1 aromatic rings. The molecular formula is C13H18BrNO. The molecule has 1 unspecified atom stereocenters. The highest BCUT2D eigenvalue weighted by molar-refractivity contribution is 9.10. The van der Waals surface area contributed by atoms with Crippen molar-refractivity contribution < 1.29 is 5.11 Å². The fourth-order valence-electron chi connectivity index (χ4n) is 2.34. The van der Waals surface area contributed by atoms with Gasteiger partial charge >= 0.3 is 0 Å². The van der Waals surface area contributed by atoms with E-state index in [1.807, 2.05) is 18.2 Å². The van der Waals surface area contributed by atoms with Gasteiger partial charge in [-0.25, -0.2) is 0 Å². The molecule has 0 saturated carbocycles. The monoisotopic (exact) mass is 283 g/mol. The van der Waals surface area contributed by atoms with Crippen LogP contribution in [0.25, 0.3) is 0 Å². The number of hydrogen-bond donors (Lipinski definition) is 1. The second-order valence-electron chi connectivity index (χ2n) is 4.41. The summed E-state index contributed by atoms with van der Waals surface area (Å²) in [5, 5.41) is 9.52. The van der Waals surface area contributed by atoms with Gasteiger partial charge in [-0.1, -0.05) is 34.1 Å². The number of likely N-dealkylation sites (tertiary alicyclic amines) is 1. The maximum atomic E-state index is 9.52. The summed E-state index contributed by atoms with van der Waals surface area (Å²) in [6, 6.07) is 8.19. The lowest BCUT2D eigenvalue weighted by molar-refractivity contribution is 0.220. The molecule has 1 aliphatic heterocycles. The number of nitrogens with zero attached hydrogens (tertiary/aromatic N) is 1. The van der Waals surface area contributed by atoms with Gasteiger partial charge in [0.25, 0.3) is 0 Å². The second kappa shape index (κ2) is 5.80. The maximum absolute atomic E-state index is 9.52. The molecule has 88 valence electrons. The Labute approximate surface area is 105 Å². The van der Waals surface area contributed by atoms with E-state index in [2.05, 4.69) is 26.9 Å². The summed E-state index contributed by atoms with van der Waals surface area (Å²) < 4.78 is 1.10. The molecule has 16 heavy (non-hydrogen) atoms. The largest absolute Gasteiger partial charge is 0.396 e. The Balaban J connectivity index is 2.06. The number of aliphatic hydroxyl groups excluding tert-OH is 1. The quantitative estimate of drug-likeness (QED) is 0.918. The zero-order valence-electron chi connectivity index (χ0n) is 9.40. The Morgan fingerprint density at radius 3 is 2.56 bits per heavy atom. The van der Waals surface area contributed by atoms with E-state index < -0.39 is 0 Å². The third-order valence-corrected chi connectivity index (χ3v) is 3.96. The molecule has 2 nitrogen and oxygen atoms in total. The topological polar surface area (TPSA) is 23.5 Å². The summed E-state index contributed by atoms with van der Waals surface area (Å²) in [6.45, 7) is 3.56. The van der Waals surface area contributed by atoms with Gasteiger partial charge in [-0.2, -0.15) is 0 Å². The van der Waals surface area contributed by atoms with E-state index in [4.69, 9.17) is 0 Å². The highest BCUT2D eigenvalue weighted by atomic mass is 79.9. The molecule has 1 N–H and O–H groups in total. The summed E-state index contributed by atoms with van der Waals surface area (Å²) in [6.07, 6.45) is 2.60. The van der Waals surface area contributed by atoms with Crippen LogP contribution in [0.1, 0.15) is 24.3 Å². The first kappa shape index (κ1) is 12.1. The zero-order valence-corrected chi connectivity index (χ0v) is 11.0. The van der Waals surface area contributed by atoms with Crippen LogP contribution >= 0.6 is 15.9 Å². The van der Waals surface area contributed by atoms with E-state index in [9.17, 15) is 5.11 Å². The fourth-order valence-corrected chi connectivity index (χ4v) is 2.95. The Morgan fingerprint density at radius 1 is 1.25 bits per heavy atom. The predicted octanol–water partition coefficient (Wildman–Crippen LogP) is 2.62. The highest BCUT2D eigenvalue weighted by Gasteiger charge is 2.19. The van der Waals surface area contributed by atoms with Gasteiger partial charge in [-0.05, 0) is 37.6 Å². The third-order valence-electron chi connectivity index (χ3n) is 3.24. The first-order chi connectivity index (χ1) is 7.81. The molecule has 1 atom stereocenters. The molecule has 1 aliphatic rings. The van der Waals surface area contributed by atoms with E-state index >= 15 is 0 Å². The van der Waals surface area contributed by atoms with Crippen LogP contribution in [0, 0.1) is 0 Å². The molecule has 2 rings (SSSR count). The third kappa shape index (κ3) is 2.84. The molecule has 0 amide bonds. The first-order valence-corrected chi connectivity index (χ1v) is 6.68. The average Bonchev–Trinajstić information content (AvgIpc) is 2.80. The molecule has 1 heterocycles. The van der Waals surface area contributed by atoms with Crippen molar-refractivity contribution >= 4 is 15.9 Å². The van der Waals surface area contributed by atoms with Crippen LogP contribution in [0.3, 0.4) is 0 Å². The predicted molar refractivity (Wildman–Crippen MR) is 69.6 cm³/mol. The number of halogens is 1. The second-order valence-corrected chi connectivity index (χ2v) is 5.26. The van der Waals surface area contributed by atoms with Crippen LogP contribution in [0.2, 0.25) is 0 Å². The maximum Gasteiger partial charge on any atom is 0.0512 e. The van der Waals surface area contributed by atoms with Crippen molar-refractivity contribution in [3.8, 4) is 0 Å². The average molecular weight is 284 g/mol. The standard InChI is InChI=1S/C13H18BrNO/c14-13-6-2-1-5-12(13)11(10-16)9-15-7-3-4-8-15/h1-2,5-6,11,16H,3-4,7-10H2. The first-order valence-electron chi connectivity index (χ1n) is 5.89. The minimum absolute atomic E-state index is 0.221. The summed E-state index contributed by atoms with van der Waals surface area (Å²) >= 11 is 3.56. The fraction of sp³-hybridized carbons (Fsp3) is 0.538. The molecule has 0 radical (unpaired) electrons. The summed E-state index contributed by atoms with van der Waals surface area (Å²) in [5.74, 6) is 0.230. The van der Waals surface area contributed by atoms with E-state index in [0.717, 1.165) is 11.0 Å². The molecule has 0 bridgehead atoms. The van der Waals surface area contributed by atoms with Crippen molar-refractivity contribution in [1.29, 1.82) is 0 Å². The highest BCUT2D eigenvalue weighted by Crippen LogP contribution is 2.26. The number of aliphatic hydroxyl groups is 1. The van der Waals surface area contributed by atoms with Crippen LogP contribution in [0.15, 0.2) is 28.7 Å².